The average Bonchev–Trinajstić information content (AvgIpc) is 3.75. The van der Waals surface area contributed by atoms with Gasteiger partial charge in [0.1, 0.15) is 11.5 Å². The van der Waals surface area contributed by atoms with Crippen molar-refractivity contribution in [2.45, 2.75) is 58.3 Å². The molecule has 0 radical (unpaired) electrons. The molecule has 0 saturated carbocycles. The lowest BCUT2D eigenvalue weighted by molar-refractivity contribution is 0.332. The van der Waals surface area contributed by atoms with Crippen LogP contribution < -0.4 is 25.9 Å². The summed E-state index contributed by atoms with van der Waals surface area (Å²) in [5, 5.41) is 9.13. The van der Waals surface area contributed by atoms with Crippen LogP contribution in [-0.2, 0) is 10.8 Å². The third-order valence-corrected chi connectivity index (χ3v) is 15.7. The number of rotatable bonds is 7. The summed E-state index contributed by atoms with van der Waals surface area (Å²) in [5.41, 5.74) is 21.3. The van der Waals surface area contributed by atoms with Crippen LogP contribution in [0.5, 0.6) is 5.75 Å². The molecule has 5 heteroatoms. The van der Waals surface area contributed by atoms with Crippen LogP contribution >= 0.6 is 0 Å². The number of aryl methyl sites for hydroxylation is 1. The summed E-state index contributed by atoms with van der Waals surface area (Å²) in [6.07, 6.45) is 4.43. The van der Waals surface area contributed by atoms with Crippen LogP contribution in [0.1, 0.15) is 68.4 Å². The Bertz CT molecular complexity index is 3790. The maximum absolute atomic E-state index is 6.83. The smallest absolute Gasteiger partial charge is 0.198 e. The lowest BCUT2D eigenvalue weighted by atomic mass is 9.58. The molecule has 338 valence electrons. The van der Waals surface area contributed by atoms with Gasteiger partial charge in [-0.05, 0) is 141 Å². The standard InChI is InChI=1S/C65H54BN3O/c1-40-35-58(43-19-10-7-11-20-43)70-59-39-57-54(38-49(40)59)66-62-51(34-41(2)60-61-48-25-17-16-18-42(48)26-31-56(61)69(57)63(60)62)50-37-47(68(45-21-12-8-13-22-45)46-23-14-9-15-24-46)28-30-55(50)67-44-27-29-52-53(36-44)65(5,6)33-32-64(52,3)4/h7-31,34-39,66-67H,1,32-33H2,2-6H3. The zero-order valence-electron chi connectivity index (χ0n) is 40.5. The highest BCUT2D eigenvalue weighted by atomic mass is 16.5. The molecule has 0 bridgehead atoms. The summed E-state index contributed by atoms with van der Waals surface area (Å²) in [4.78, 5) is 2.38. The Hall–Kier alpha value is -8.02. The highest BCUT2D eigenvalue weighted by Gasteiger charge is 2.37. The van der Waals surface area contributed by atoms with Gasteiger partial charge >= 0.3 is 0 Å². The number of hydrogen-bond acceptors (Lipinski definition) is 3. The quantitative estimate of drug-likeness (QED) is 0.162. The van der Waals surface area contributed by atoms with E-state index in [0.29, 0.717) is 0 Å². The second kappa shape index (κ2) is 15.8. The zero-order chi connectivity index (χ0) is 47.5. The summed E-state index contributed by atoms with van der Waals surface area (Å²) >= 11 is 0. The summed E-state index contributed by atoms with van der Waals surface area (Å²) in [6, 6.07) is 66.5. The van der Waals surface area contributed by atoms with Crippen LogP contribution in [0.4, 0.5) is 28.4 Å². The van der Waals surface area contributed by atoms with Gasteiger partial charge in [0.25, 0.3) is 0 Å². The fourth-order valence-electron chi connectivity index (χ4n) is 11.9. The summed E-state index contributed by atoms with van der Waals surface area (Å²) in [6.45, 7) is 16.5. The fraction of sp³-hybridized carbons (Fsp3) is 0.138. The average molecular weight is 904 g/mol. The minimum Gasteiger partial charge on any atom is -0.456 e. The minimum absolute atomic E-state index is 0.0762. The number of para-hydroxylation sites is 2. The Labute approximate surface area is 411 Å². The molecule has 2 aliphatic heterocycles. The second-order valence-corrected chi connectivity index (χ2v) is 21.0. The molecule has 1 aromatic heterocycles. The van der Waals surface area contributed by atoms with E-state index in [1.54, 1.807) is 0 Å². The predicted molar refractivity (Wildman–Crippen MR) is 299 cm³/mol. The Morgan fingerprint density at radius 3 is 2.04 bits per heavy atom. The first-order valence-electron chi connectivity index (χ1n) is 24.8. The number of nitrogens with zero attached hydrogens (tertiary/aromatic N) is 2. The largest absolute Gasteiger partial charge is 0.456 e. The lowest BCUT2D eigenvalue weighted by Gasteiger charge is -2.42. The maximum atomic E-state index is 6.83. The van der Waals surface area contributed by atoms with Crippen molar-refractivity contribution in [1.29, 1.82) is 0 Å². The maximum Gasteiger partial charge on any atom is 0.198 e. The third-order valence-electron chi connectivity index (χ3n) is 15.7. The first-order chi connectivity index (χ1) is 34.0. The predicted octanol–water partition coefficient (Wildman–Crippen LogP) is 15.6. The van der Waals surface area contributed by atoms with Gasteiger partial charge in [-0.1, -0.05) is 155 Å². The SMILES string of the molecule is C=C1C=C(c2ccccc2)Oc2cc3c(cc21)Bc1c(-c2cc(N(c4ccccc4)c4ccccc4)ccc2Nc2ccc4c(c2)C(C)(C)CCC4(C)C)cc(C)c2c4c5ccccc5ccc4n-3c12. The zero-order valence-corrected chi connectivity index (χ0v) is 40.5. The molecule has 3 heterocycles. The Kier molecular flexibility index (Phi) is 9.48. The highest BCUT2D eigenvalue weighted by molar-refractivity contribution is 6.73. The molecular formula is C65H54BN3O. The number of anilines is 5. The van der Waals surface area contributed by atoms with E-state index in [1.165, 1.54) is 72.2 Å². The van der Waals surface area contributed by atoms with Crippen molar-refractivity contribution in [3.05, 3.63) is 222 Å². The molecule has 0 saturated heterocycles. The van der Waals surface area contributed by atoms with Gasteiger partial charge in [0, 0.05) is 73.2 Å². The van der Waals surface area contributed by atoms with Crippen LogP contribution in [0.2, 0.25) is 0 Å². The molecule has 70 heavy (non-hydrogen) atoms. The number of aromatic nitrogens is 1. The molecular weight excluding hydrogens is 850 g/mol. The molecule has 0 fully saturated rings. The molecule has 0 unspecified atom stereocenters. The van der Waals surface area contributed by atoms with Crippen molar-refractivity contribution in [3.63, 3.8) is 0 Å². The summed E-state index contributed by atoms with van der Waals surface area (Å²) < 4.78 is 9.37. The van der Waals surface area contributed by atoms with Gasteiger partial charge in [-0.25, -0.2) is 0 Å². The molecule has 10 aromatic rings. The lowest BCUT2D eigenvalue weighted by Crippen LogP contribution is -2.38. The topological polar surface area (TPSA) is 29.4 Å². The van der Waals surface area contributed by atoms with Crippen molar-refractivity contribution >= 4 is 90.6 Å². The number of hydrogen-bond donors (Lipinski definition) is 1. The summed E-state index contributed by atoms with van der Waals surface area (Å²) in [5.74, 6) is 1.64. The highest BCUT2D eigenvalue weighted by Crippen LogP contribution is 2.49. The van der Waals surface area contributed by atoms with Crippen molar-refractivity contribution in [2.75, 3.05) is 10.2 Å². The number of benzene rings is 9. The first kappa shape index (κ1) is 42.1. The van der Waals surface area contributed by atoms with Gasteiger partial charge in [-0.2, -0.15) is 0 Å². The Morgan fingerprint density at radius 2 is 1.30 bits per heavy atom. The van der Waals surface area contributed by atoms with Crippen LogP contribution in [0.25, 0.3) is 60.7 Å². The molecule has 9 aromatic carbocycles. The van der Waals surface area contributed by atoms with E-state index in [9.17, 15) is 0 Å². The molecule has 1 N–H and O–H groups in total. The van der Waals surface area contributed by atoms with Crippen molar-refractivity contribution in [2.24, 2.45) is 0 Å². The monoisotopic (exact) mass is 903 g/mol. The Morgan fingerprint density at radius 1 is 0.614 bits per heavy atom. The third kappa shape index (κ3) is 6.66. The second-order valence-electron chi connectivity index (χ2n) is 21.0. The van der Waals surface area contributed by atoms with Crippen LogP contribution in [-0.4, -0.2) is 11.8 Å². The molecule has 13 rings (SSSR count). The van der Waals surface area contributed by atoms with Crippen molar-refractivity contribution in [1.82, 2.24) is 4.57 Å². The van der Waals surface area contributed by atoms with Crippen LogP contribution in [0.15, 0.2) is 195 Å². The molecule has 0 atom stereocenters. The van der Waals surface area contributed by atoms with E-state index in [1.807, 2.05) is 6.07 Å². The van der Waals surface area contributed by atoms with Gasteiger partial charge in [0.15, 0.2) is 7.28 Å². The van der Waals surface area contributed by atoms with E-state index >= 15 is 0 Å². The van der Waals surface area contributed by atoms with Gasteiger partial charge in [-0.3, -0.25) is 0 Å². The molecule has 0 spiro atoms. The number of nitrogens with one attached hydrogen (secondary N) is 1. The van der Waals surface area contributed by atoms with Crippen molar-refractivity contribution < 1.29 is 4.74 Å². The van der Waals surface area contributed by atoms with Crippen LogP contribution in [0, 0.1) is 6.92 Å². The van der Waals surface area contributed by atoms with Crippen molar-refractivity contribution in [3.8, 4) is 22.6 Å². The van der Waals surface area contributed by atoms with E-state index in [0.717, 1.165) is 81.6 Å². The molecule has 4 nitrogen and oxygen atoms in total. The fourth-order valence-corrected chi connectivity index (χ4v) is 11.9. The normalized spacial score (nSPS) is 15.1. The first-order valence-corrected chi connectivity index (χ1v) is 24.8. The molecule has 0 amide bonds. The molecule has 1 aliphatic carbocycles. The number of fused-ring (bicyclic) bond motifs is 9. The van der Waals surface area contributed by atoms with E-state index in [-0.39, 0.29) is 10.8 Å². The van der Waals surface area contributed by atoms with Gasteiger partial charge < -0.3 is 19.5 Å². The minimum atomic E-state index is 0.0762. The van der Waals surface area contributed by atoms with Gasteiger partial charge in [0.05, 0.1) is 5.52 Å². The number of ether oxygens (including phenoxy) is 1. The van der Waals surface area contributed by atoms with Crippen LogP contribution in [0.3, 0.4) is 0 Å². The van der Waals surface area contributed by atoms with Gasteiger partial charge in [0.2, 0.25) is 0 Å². The van der Waals surface area contributed by atoms with E-state index < -0.39 is 0 Å². The Balaban J connectivity index is 1.07. The molecule has 3 aliphatic rings. The van der Waals surface area contributed by atoms with E-state index in [2.05, 4.69) is 238 Å². The van der Waals surface area contributed by atoms with Gasteiger partial charge in [-0.15, -0.1) is 0 Å². The summed E-state index contributed by atoms with van der Waals surface area (Å²) in [7, 11) is 0.735. The number of allylic oxidation sites excluding steroid dienone is 2. The van der Waals surface area contributed by atoms with E-state index in [4.69, 9.17) is 4.74 Å².